The van der Waals surface area contributed by atoms with Gasteiger partial charge in [0.15, 0.2) is 0 Å². The molecule has 0 atom stereocenters. The van der Waals surface area contributed by atoms with Gasteiger partial charge >= 0.3 is 0 Å². The van der Waals surface area contributed by atoms with Crippen LogP contribution in [0, 0.1) is 5.82 Å². The van der Waals surface area contributed by atoms with Gasteiger partial charge in [-0.3, -0.25) is 4.79 Å². The fourth-order valence-corrected chi connectivity index (χ4v) is 1.90. The molecule has 0 aromatic heterocycles. The van der Waals surface area contributed by atoms with Gasteiger partial charge in [-0.1, -0.05) is 19.9 Å². The predicted octanol–water partition coefficient (Wildman–Crippen LogP) is 2.84. The lowest BCUT2D eigenvalue weighted by atomic mass is 9.94. The molecular weight excluding hydrogens is 299 g/mol. The molecule has 0 bridgehead atoms. The first-order valence-electron chi connectivity index (χ1n) is 5.94. The molecule has 0 radical (unpaired) electrons. The van der Waals surface area contributed by atoms with Crippen LogP contribution in [0.4, 0.5) is 4.39 Å². The number of hydrogen-bond acceptors (Lipinski definition) is 2. The lowest BCUT2D eigenvalue weighted by Gasteiger charge is -2.26. The second-order valence-electron chi connectivity index (χ2n) is 4.35. The van der Waals surface area contributed by atoms with Gasteiger partial charge in [0.25, 0.3) is 5.91 Å². The van der Waals surface area contributed by atoms with E-state index in [0.29, 0.717) is 6.54 Å². The van der Waals surface area contributed by atoms with Crippen LogP contribution in [0.1, 0.15) is 37.0 Å². The average molecular weight is 317 g/mol. The minimum Gasteiger partial charge on any atom is -0.350 e. The lowest BCUT2D eigenvalue weighted by molar-refractivity contribution is 0.0938. The zero-order valence-electron chi connectivity index (χ0n) is 10.6. The van der Waals surface area contributed by atoms with E-state index in [-0.39, 0.29) is 10.0 Å². The maximum atomic E-state index is 13.7. The van der Waals surface area contributed by atoms with Crippen LogP contribution in [-0.2, 0) is 0 Å². The standard InChI is InChI=1S/C13H18BrFN2O/c1-3-13(16,4-2)8-17-12(18)9-6-5-7-10(14)11(9)15/h5-7H,3-4,8,16H2,1-2H3,(H,17,18). The maximum absolute atomic E-state index is 13.7. The van der Waals surface area contributed by atoms with Crippen molar-refractivity contribution in [3.63, 3.8) is 0 Å². The summed E-state index contributed by atoms with van der Waals surface area (Å²) in [7, 11) is 0. The molecule has 0 unspecified atom stereocenters. The van der Waals surface area contributed by atoms with Crippen LogP contribution in [0.15, 0.2) is 22.7 Å². The molecule has 0 aliphatic carbocycles. The van der Waals surface area contributed by atoms with Gasteiger partial charge in [-0.15, -0.1) is 0 Å². The zero-order valence-corrected chi connectivity index (χ0v) is 12.2. The first-order valence-corrected chi connectivity index (χ1v) is 6.74. The molecule has 0 aliphatic rings. The molecule has 0 aliphatic heterocycles. The van der Waals surface area contributed by atoms with Gasteiger partial charge < -0.3 is 11.1 Å². The molecule has 1 amide bonds. The van der Waals surface area contributed by atoms with E-state index in [1.165, 1.54) is 6.07 Å². The largest absolute Gasteiger partial charge is 0.350 e. The Hall–Kier alpha value is -0.940. The van der Waals surface area contributed by atoms with E-state index in [1.54, 1.807) is 12.1 Å². The summed E-state index contributed by atoms with van der Waals surface area (Å²) >= 11 is 3.05. The van der Waals surface area contributed by atoms with Crippen LogP contribution in [0.2, 0.25) is 0 Å². The van der Waals surface area contributed by atoms with Crippen molar-refractivity contribution in [3.8, 4) is 0 Å². The molecule has 0 saturated heterocycles. The molecule has 100 valence electrons. The van der Waals surface area contributed by atoms with E-state index in [9.17, 15) is 9.18 Å². The van der Waals surface area contributed by atoms with Crippen molar-refractivity contribution >= 4 is 21.8 Å². The first-order chi connectivity index (χ1) is 8.43. The normalized spacial score (nSPS) is 11.4. The molecule has 5 heteroatoms. The van der Waals surface area contributed by atoms with E-state index < -0.39 is 17.3 Å². The average Bonchev–Trinajstić information content (AvgIpc) is 2.39. The number of rotatable bonds is 5. The van der Waals surface area contributed by atoms with Crippen molar-refractivity contribution in [1.29, 1.82) is 0 Å². The molecule has 3 nitrogen and oxygen atoms in total. The number of nitrogens with one attached hydrogen (secondary N) is 1. The quantitative estimate of drug-likeness (QED) is 0.877. The molecule has 0 heterocycles. The Balaban J connectivity index is 2.75. The first kappa shape index (κ1) is 15.1. The van der Waals surface area contributed by atoms with E-state index in [2.05, 4.69) is 21.2 Å². The monoisotopic (exact) mass is 316 g/mol. The summed E-state index contributed by atoms with van der Waals surface area (Å²) in [5.74, 6) is -0.990. The van der Waals surface area contributed by atoms with Gasteiger partial charge in [0.05, 0.1) is 10.0 Å². The zero-order chi connectivity index (χ0) is 13.8. The fraction of sp³-hybridized carbons (Fsp3) is 0.462. The predicted molar refractivity (Wildman–Crippen MR) is 73.9 cm³/mol. The third-order valence-corrected chi connectivity index (χ3v) is 3.82. The summed E-state index contributed by atoms with van der Waals surface area (Å²) in [5.41, 5.74) is 5.67. The summed E-state index contributed by atoms with van der Waals surface area (Å²) in [6.45, 7) is 4.27. The van der Waals surface area contributed by atoms with Gasteiger partial charge in [0.2, 0.25) is 0 Å². The van der Waals surface area contributed by atoms with E-state index in [4.69, 9.17) is 5.73 Å². The molecule has 1 aromatic rings. The van der Waals surface area contributed by atoms with Crippen molar-refractivity contribution in [2.75, 3.05) is 6.54 Å². The molecular formula is C13H18BrFN2O. The Kier molecular flexibility index (Phi) is 5.28. The van der Waals surface area contributed by atoms with Gasteiger partial charge in [-0.05, 0) is 40.9 Å². The van der Waals surface area contributed by atoms with Crippen LogP contribution in [0.3, 0.4) is 0 Å². The second-order valence-corrected chi connectivity index (χ2v) is 5.21. The van der Waals surface area contributed by atoms with E-state index in [0.717, 1.165) is 12.8 Å². The van der Waals surface area contributed by atoms with Gasteiger partial charge in [0, 0.05) is 12.1 Å². The third-order valence-electron chi connectivity index (χ3n) is 3.21. The van der Waals surface area contributed by atoms with Crippen LogP contribution in [-0.4, -0.2) is 18.0 Å². The summed E-state index contributed by atoms with van der Waals surface area (Å²) in [6, 6.07) is 4.63. The van der Waals surface area contributed by atoms with Crippen molar-refractivity contribution in [2.45, 2.75) is 32.2 Å². The Morgan fingerprint density at radius 2 is 2.06 bits per heavy atom. The Morgan fingerprint density at radius 1 is 1.44 bits per heavy atom. The number of nitrogens with two attached hydrogens (primary N) is 1. The van der Waals surface area contributed by atoms with Gasteiger partial charge in [-0.25, -0.2) is 4.39 Å². The number of benzene rings is 1. The Morgan fingerprint density at radius 3 is 2.61 bits per heavy atom. The van der Waals surface area contributed by atoms with Crippen molar-refractivity contribution < 1.29 is 9.18 Å². The number of carbonyl (C=O) groups is 1. The lowest BCUT2D eigenvalue weighted by Crippen LogP contribution is -2.49. The van der Waals surface area contributed by atoms with Crippen LogP contribution >= 0.6 is 15.9 Å². The van der Waals surface area contributed by atoms with Gasteiger partial charge in [-0.2, -0.15) is 0 Å². The maximum Gasteiger partial charge on any atom is 0.254 e. The third kappa shape index (κ3) is 3.53. The highest BCUT2D eigenvalue weighted by Gasteiger charge is 2.22. The van der Waals surface area contributed by atoms with Crippen LogP contribution in [0.5, 0.6) is 0 Å². The van der Waals surface area contributed by atoms with E-state index in [1.807, 2.05) is 13.8 Å². The minimum absolute atomic E-state index is 0.0268. The molecule has 0 saturated carbocycles. The molecule has 0 fully saturated rings. The molecule has 0 spiro atoms. The van der Waals surface area contributed by atoms with Gasteiger partial charge in [0.1, 0.15) is 5.82 Å². The highest BCUT2D eigenvalue weighted by Crippen LogP contribution is 2.18. The SMILES string of the molecule is CCC(N)(CC)CNC(=O)c1cccc(Br)c1F. The molecule has 1 aromatic carbocycles. The van der Waals surface area contributed by atoms with Crippen molar-refractivity contribution in [2.24, 2.45) is 5.73 Å². The molecule has 1 rings (SSSR count). The fourth-order valence-electron chi connectivity index (χ4n) is 1.53. The summed E-state index contributed by atoms with van der Waals surface area (Å²) < 4.78 is 14.0. The Bertz CT molecular complexity index is 433. The summed E-state index contributed by atoms with van der Waals surface area (Å²) in [6.07, 6.45) is 1.51. The Labute approximate surface area is 115 Å². The summed E-state index contributed by atoms with van der Waals surface area (Å²) in [4.78, 5) is 11.9. The van der Waals surface area contributed by atoms with Crippen LogP contribution < -0.4 is 11.1 Å². The number of amides is 1. The topological polar surface area (TPSA) is 55.1 Å². The minimum atomic E-state index is -0.550. The highest BCUT2D eigenvalue weighted by molar-refractivity contribution is 9.10. The summed E-state index contributed by atoms with van der Waals surface area (Å²) in [5, 5.41) is 2.68. The highest BCUT2D eigenvalue weighted by atomic mass is 79.9. The number of hydrogen-bond donors (Lipinski definition) is 2. The van der Waals surface area contributed by atoms with Crippen LogP contribution in [0.25, 0.3) is 0 Å². The molecule has 3 N–H and O–H groups in total. The molecule has 18 heavy (non-hydrogen) atoms. The van der Waals surface area contributed by atoms with Crippen molar-refractivity contribution in [1.82, 2.24) is 5.32 Å². The smallest absolute Gasteiger partial charge is 0.254 e. The van der Waals surface area contributed by atoms with E-state index >= 15 is 0 Å². The number of halogens is 2. The number of carbonyl (C=O) groups excluding carboxylic acids is 1. The van der Waals surface area contributed by atoms with Crippen molar-refractivity contribution in [3.05, 3.63) is 34.1 Å². The second kappa shape index (κ2) is 6.29.